The average molecular weight is 266 g/mol. The molecule has 0 radical (unpaired) electrons. The van der Waals surface area contributed by atoms with E-state index in [-0.39, 0.29) is 17.5 Å². The second-order valence-corrected chi connectivity index (χ2v) is 7.01. The highest BCUT2D eigenvalue weighted by Gasteiger charge is 2.25. The summed E-state index contributed by atoms with van der Waals surface area (Å²) in [6, 6.07) is 0. The lowest BCUT2D eigenvalue weighted by molar-refractivity contribution is -0.146. The summed E-state index contributed by atoms with van der Waals surface area (Å²) < 4.78 is 5.53. The number of carbonyl (C=O) groups excluding carboxylic acids is 1. The van der Waals surface area contributed by atoms with E-state index < -0.39 is 0 Å². The molecule has 0 spiro atoms. The minimum atomic E-state index is -0.163. The maximum atomic E-state index is 11.3. The van der Waals surface area contributed by atoms with Crippen molar-refractivity contribution in [3.05, 3.63) is 12.2 Å². The maximum absolute atomic E-state index is 11.3. The standard InChI is InChI=1S/C17H30O2/c1-13(17(3,4)5)11-12-16(19-14(2)18)15-9-7-6-8-10-15/h11-13,15-16H,6-10H2,1-5H3/b12-11-. The Kier molecular flexibility index (Phi) is 6.09. The van der Waals surface area contributed by atoms with Crippen LogP contribution in [0.25, 0.3) is 0 Å². The van der Waals surface area contributed by atoms with Gasteiger partial charge < -0.3 is 4.74 Å². The number of allylic oxidation sites excluding steroid dienone is 1. The van der Waals surface area contributed by atoms with E-state index in [0.29, 0.717) is 11.8 Å². The van der Waals surface area contributed by atoms with Crippen LogP contribution in [0.15, 0.2) is 12.2 Å². The molecule has 1 saturated carbocycles. The molecule has 0 saturated heterocycles. The number of hydrogen-bond acceptors (Lipinski definition) is 2. The quantitative estimate of drug-likeness (QED) is 0.543. The number of carbonyl (C=O) groups is 1. The van der Waals surface area contributed by atoms with Gasteiger partial charge in [-0.25, -0.2) is 0 Å². The number of rotatable bonds is 4. The van der Waals surface area contributed by atoms with Crippen LogP contribution in [0.1, 0.15) is 66.7 Å². The van der Waals surface area contributed by atoms with E-state index in [1.54, 1.807) is 0 Å². The molecule has 0 N–H and O–H groups in total. The van der Waals surface area contributed by atoms with Gasteiger partial charge in [0.2, 0.25) is 0 Å². The largest absolute Gasteiger partial charge is 0.458 e. The summed E-state index contributed by atoms with van der Waals surface area (Å²) in [6.45, 7) is 10.5. The molecule has 1 aliphatic carbocycles. The monoisotopic (exact) mass is 266 g/mol. The molecule has 2 nitrogen and oxygen atoms in total. The summed E-state index contributed by atoms with van der Waals surface area (Å²) in [5, 5.41) is 0. The molecule has 1 rings (SSSR count). The zero-order valence-corrected chi connectivity index (χ0v) is 13.2. The van der Waals surface area contributed by atoms with Crippen molar-refractivity contribution in [3.63, 3.8) is 0 Å². The van der Waals surface area contributed by atoms with Crippen molar-refractivity contribution in [1.29, 1.82) is 0 Å². The van der Waals surface area contributed by atoms with E-state index >= 15 is 0 Å². The molecule has 1 aliphatic rings. The van der Waals surface area contributed by atoms with Gasteiger partial charge >= 0.3 is 5.97 Å². The first-order valence-corrected chi connectivity index (χ1v) is 7.66. The zero-order valence-electron chi connectivity index (χ0n) is 13.2. The van der Waals surface area contributed by atoms with Gasteiger partial charge in [0.25, 0.3) is 0 Å². The van der Waals surface area contributed by atoms with Gasteiger partial charge in [0.1, 0.15) is 6.10 Å². The van der Waals surface area contributed by atoms with Gasteiger partial charge in [-0.05, 0) is 36.2 Å². The highest BCUT2D eigenvalue weighted by molar-refractivity contribution is 5.66. The molecule has 2 unspecified atom stereocenters. The third-order valence-electron chi connectivity index (χ3n) is 4.37. The topological polar surface area (TPSA) is 26.3 Å². The van der Waals surface area contributed by atoms with Crippen LogP contribution in [0, 0.1) is 17.3 Å². The molecule has 1 fully saturated rings. The lowest BCUT2D eigenvalue weighted by atomic mass is 9.80. The molecular formula is C17H30O2. The molecule has 0 aromatic carbocycles. The molecule has 0 heterocycles. The van der Waals surface area contributed by atoms with Crippen molar-refractivity contribution in [2.24, 2.45) is 17.3 Å². The molecule has 0 aromatic heterocycles. The Morgan fingerprint density at radius 2 is 1.74 bits per heavy atom. The fourth-order valence-corrected chi connectivity index (χ4v) is 2.51. The Bertz CT molecular complexity index is 306. The molecule has 19 heavy (non-hydrogen) atoms. The Hall–Kier alpha value is -0.790. The predicted molar refractivity (Wildman–Crippen MR) is 79.9 cm³/mol. The Balaban J connectivity index is 2.68. The van der Waals surface area contributed by atoms with E-state index in [2.05, 4.69) is 39.8 Å². The van der Waals surface area contributed by atoms with E-state index in [1.807, 2.05) is 0 Å². The molecular weight excluding hydrogens is 236 g/mol. The summed E-state index contributed by atoms with van der Waals surface area (Å²) in [4.78, 5) is 11.3. The van der Waals surface area contributed by atoms with E-state index in [4.69, 9.17) is 4.74 Å². The Morgan fingerprint density at radius 3 is 2.21 bits per heavy atom. The lowest BCUT2D eigenvalue weighted by Crippen LogP contribution is -2.26. The van der Waals surface area contributed by atoms with Gasteiger partial charge in [0.15, 0.2) is 0 Å². The summed E-state index contributed by atoms with van der Waals surface area (Å²) >= 11 is 0. The molecule has 0 aliphatic heterocycles. The zero-order chi connectivity index (χ0) is 14.5. The minimum Gasteiger partial charge on any atom is -0.458 e. The van der Waals surface area contributed by atoms with Crippen LogP contribution in [-0.2, 0) is 9.53 Å². The normalized spacial score (nSPS) is 21.3. The van der Waals surface area contributed by atoms with Crippen LogP contribution >= 0.6 is 0 Å². The van der Waals surface area contributed by atoms with Crippen LogP contribution in [0.2, 0.25) is 0 Å². The molecule has 110 valence electrons. The third-order valence-corrected chi connectivity index (χ3v) is 4.37. The van der Waals surface area contributed by atoms with Gasteiger partial charge in [-0.2, -0.15) is 0 Å². The average Bonchev–Trinajstić information content (AvgIpc) is 2.33. The van der Waals surface area contributed by atoms with Crippen molar-refractivity contribution in [2.45, 2.75) is 72.8 Å². The molecule has 0 amide bonds. The molecule has 2 atom stereocenters. The summed E-state index contributed by atoms with van der Waals surface area (Å²) in [5.74, 6) is 0.832. The fraction of sp³-hybridized carbons (Fsp3) is 0.824. The molecule has 0 aromatic rings. The SMILES string of the molecule is CC(=O)OC(/C=C\C(C)C(C)(C)C)C1CCCCC1. The lowest BCUT2D eigenvalue weighted by Gasteiger charge is -2.29. The van der Waals surface area contributed by atoms with Gasteiger partial charge in [0.05, 0.1) is 0 Å². The van der Waals surface area contributed by atoms with Crippen LogP contribution < -0.4 is 0 Å². The van der Waals surface area contributed by atoms with Gasteiger partial charge in [0, 0.05) is 6.92 Å². The number of ether oxygens (including phenoxy) is 1. The first-order chi connectivity index (χ1) is 8.80. The van der Waals surface area contributed by atoms with Crippen LogP contribution in [-0.4, -0.2) is 12.1 Å². The van der Waals surface area contributed by atoms with Gasteiger partial charge in [-0.15, -0.1) is 0 Å². The second kappa shape index (κ2) is 7.12. The van der Waals surface area contributed by atoms with Crippen molar-refractivity contribution in [3.8, 4) is 0 Å². The first kappa shape index (κ1) is 16.3. The number of hydrogen-bond donors (Lipinski definition) is 0. The summed E-state index contributed by atoms with van der Waals surface area (Å²) in [5.41, 5.74) is 0.254. The minimum absolute atomic E-state index is 0.0254. The van der Waals surface area contributed by atoms with E-state index in [1.165, 1.54) is 39.0 Å². The predicted octanol–water partition coefficient (Wildman–Crippen LogP) is 4.74. The smallest absolute Gasteiger partial charge is 0.303 e. The molecule has 2 heteroatoms. The Morgan fingerprint density at radius 1 is 1.16 bits per heavy atom. The van der Waals surface area contributed by atoms with Crippen LogP contribution in [0.4, 0.5) is 0 Å². The Labute approximate surface area is 118 Å². The van der Waals surface area contributed by atoms with Crippen molar-refractivity contribution in [2.75, 3.05) is 0 Å². The summed E-state index contributed by atoms with van der Waals surface area (Å²) in [7, 11) is 0. The van der Waals surface area contributed by atoms with Gasteiger partial charge in [-0.1, -0.05) is 53.0 Å². The highest BCUT2D eigenvalue weighted by atomic mass is 16.5. The van der Waals surface area contributed by atoms with Crippen molar-refractivity contribution >= 4 is 5.97 Å². The van der Waals surface area contributed by atoms with Crippen LogP contribution in [0.3, 0.4) is 0 Å². The first-order valence-electron chi connectivity index (χ1n) is 7.66. The third kappa shape index (κ3) is 5.80. The van der Waals surface area contributed by atoms with Crippen LogP contribution in [0.5, 0.6) is 0 Å². The maximum Gasteiger partial charge on any atom is 0.303 e. The number of esters is 1. The summed E-state index contributed by atoms with van der Waals surface area (Å²) in [6.07, 6.45) is 10.6. The van der Waals surface area contributed by atoms with Gasteiger partial charge in [-0.3, -0.25) is 4.79 Å². The highest BCUT2D eigenvalue weighted by Crippen LogP contribution is 2.31. The molecule has 0 bridgehead atoms. The van der Waals surface area contributed by atoms with E-state index in [0.717, 1.165) is 0 Å². The van der Waals surface area contributed by atoms with Crippen molar-refractivity contribution in [1.82, 2.24) is 0 Å². The second-order valence-electron chi connectivity index (χ2n) is 7.01. The fourth-order valence-electron chi connectivity index (χ4n) is 2.51. The van der Waals surface area contributed by atoms with Crippen molar-refractivity contribution < 1.29 is 9.53 Å². The van der Waals surface area contributed by atoms with E-state index in [9.17, 15) is 4.79 Å².